The maximum Gasteiger partial charge on any atom is 0.251 e. The van der Waals surface area contributed by atoms with Crippen LogP contribution in [0.2, 0.25) is 5.02 Å². The molecule has 1 aromatic carbocycles. The molecule has 26 heavy (non-hydrogen) atoms. The van der Waals surface area contributed by atoms with Crippen LogP contribution in [0.4, 0.5) is 0 Å². The highest BCUT2D eigenvalue weighted by atomic mass is 35.5. The van der Waals surface area contributed by atoms with Gasteiger partial charge in [0.15, 0.2) is 0 Å². The van der Waals surface area contributed by atoms with Crippen LogP contribution in [0.3, 0.4) is 0 Å². The van der Waals surface area contributed by atoms with Crippen LogP contribution < -0.4 is 10.6 Å². The molecule has 2 heterocycles. The molecule has 2 aliphatic heterocycles. The van der Waals surface area contributed by atoms with Crippen molar-refractivity contribution in [2.45, 2.75) is 26.3 Å². The fourth-order valence-electron chi connectivity index (χ4n) is 3.79. The molecule has 0 bridgehead atoms. The summed E-state index contributed by atoms with van der Waals surface area (Å²) in [4.78, 5) is 27.5. The average Bonchev–Trinajstić information content (AvgIpc) is 3.15. The molecule has 3 rings (SSSR count). The number of fused-ring (bicyclic) bond motifs is 1. The lowest BCUT2D eigenvalue weighted by molar-refractivity contribution is -0.132. The molecule has 0 saturated carbocycles. The van der Waals surface area contributed by atoms with Crippen molar-refractivity contribution in [1.82, 2.24) is 15.5 Å². The van der Waals surface area contributed by atoms with Gasteiger partial charge in [-0.25, -0.2) is 0 Å². The molecule has 0 radical (unpaired) electrons. The Bertz CT molecular complexity index is 624. The zero-order valence-electron chi connectivity index (χ0n) is 15.2. The third-order valence-corrected chi connectivity index (χ3v) is 5.37. The van der Waals surface area contributed by atoms with Crippen LogP contribution in [-0.2, 0) is 4.79 Å². The molecule has 3 atom stereocenters. The Hall–Kier alpha value is -1.30. The number of nitrogens with one attached hydrogen (secondary N) is 2. The molecule has 2 N–H and O–H groups in total. The van der Waals surface area contributed by atoms with Gasteiger partial charge in [0.05, 0.1) is 0 Å². The van der Waals surface area contributed by atoms with Crippen LogP contribution in [0.25, 0.3) is 0 Å². The summed E-state index contributed by atoms with van der Waals surface area (Å²) in [6.45, 7) is 7.69. The smallest absolute Gasteiger partial charge is 0.251 e. The summed E-state index contributed by atoms with van der Waals surface area (Å²) < 4.78 is 0. The minimum atomic E-state index is -0.477. The summed E-state index contributed by atoms with van der Waals surface area (Å²) in [5.74, 6) is 1.25. The lowest BCUT2D eigenvalue weighted by Crippen LogP contribution is -2.49. The third kappa shape index (κ3) is 4.90. The number of likely N-dealkylation sites (tertiary alicyclic amines) is 1. The fraction of sp³-hybridized carbons (Fsp3) is 0.579. The Morgan fingerprint density at radius 2 is 1.77 bits per heavy atom. The van der Waals surface area contributed by atoms with E-state index in [1.54, 1.807) is 24.3 Å². The van der Waals surface area contributed by atoms with Gasteiger partial charge >= 0.3 is 0 Å². The van der Waals surface area contributed by atoms with Crippen LogP contribution in [0.1, 0.15) is 30.6 Å². The molecule has 144 valence electrons. The number of hydrogen-bond donors (Lipinski definition) is 2. The van der Waals surface area contributed by atoms with Crippen LogP contribution >= 0.6 is 24.0 Å². The van der Waals surface area contributed by atoms with Crippen LogP contribution in [0.15, 0.2) is 24.3 Å². The van der Waals surface area contributed by atoms with Gasteiger partial charge in [-0.05, 0) is 48.4 Å². The topological polar surface area (TPSA) is 61.4 Å². The maximum atomic E-state index is 13.0. The molecule has 1 aromatic rings. The predicted molar refractivity (Wildman–Crippen MR) is 106 cm³/mol. The number of carbonyl (C=O) groups is 2. The third-order valence-electron chi connectivity index (χ3n) is 5.12. The SMILES string of the molecule is CC(C)CC(NC(=O)c1ccc(Cl)cc1)C(=O)N1C[C@H]2CNC[C@H]2C1.Cl. The van der Waals surface area contributed by atoms with E-state index in [4.69, 9.17) is 11.6 Å². The highest BCUT2D eigenvalue weighted by molar-refractivity contribution is 6.30. The second-order valence-corrected chi connectivity index (χ2v) is 8.02. The van der Waals surface area contributed by atoms with E-state index in [0.717, 1.165) is 26.2 Å². The van der Waals surface area contributed by atoms with E-state index in [2.05, 4.69) is 24.5 Å². The summed E-state index contributed by atoms with van der Waals surface area (Å²) in [6, 6.07) is 6.26. The Morgan fingerprint density at radius 3 is 2.31 bits per heavy atom. The minimum Gasteiger partial charge on any atom is -0.340 e. The minimum absolute atomic E-state index is 0. The van der Waals surface area contributed by atoms with E-state index in [1.807, 2.05) is 4.90 Å². The highest BCUT2D eigenvalue weighted by Gasteiger charge is 2.40. The molecule has 0 spiro atoms. The molecule has 1 unspecified atom stereocenters. The molecule has 0 aromatic heterocycles. The first-order chi connectivity index (χ1) is 11.9. The first-order valence-corrected chi connectivity index (χ1v) is 9.37. The molecular formula is C19H27Cl2N3O2. The van der Waals surface area contributed by atoms with Crippen LogP contribution in [0.5, 0.6) is 0 Å². The molecule has 2 saturated heterocycles. The molecule has 0 aliphatic carbocycles. The number of rotatable bonds is 5. The highest BCUT2D eigenvalue weighted by Crippen LogP contribution is 2.27. The number of halogens is 2. The van der Waals surface area contributed by atoms with Crippen LogP contribution in [0, 0.1) is 17.8 Å². The summed E-state index contributed by atoms with van der Waals surface area (Å²) in [5.41, 5.74) is 0.522. The fourth-order valence-corrected chi connectivity index (χ4v) is 3.92. The largest absolute Gasteiger partial charge is 0.340 e. The van der Waals surface area contributed by atoms with Gasteiger partial charge in [-0.3, -0.25) is 9.59 Å². The summed E-state index contributed by atoms with van der Waals surface area (Å²) in [7, 11) is 0. The monoisotopic (exact) mass is 399 g/mol. The number of carbonyl (C=O) groups excluding carboxylic acids is 2. The van der Waals surface area contributed by atoms with Crippen molar-refractivity contribution in [2.75, 3.05) is 26.2 Å². The quantitative estimate of drug-likeness (QED) is 0.799. The molecule has 7 heteroatoms. The van der Waals surface area contributed by atoms with Gasteiger partial charge in [-0.2, -0.15) is 0 Å². The van der Waals surface area contributed by atoms with Gasteiger partial charge in [0, 0.05) is 36.8 Å². The normalized spacial score (nSPS) is 22.7. The van der Waals surface area contributed by atoms with Crippen molar-refractivity contribution in [3.8, 4) is 0 Å². The van der Waals surface area contributed by atoms with Gasteiger partial charge < -0.3 is 15.5 Å². The zero-order valence-corrected chi connectivity index (χ0v) is 16.8. The Balaban J connectivity index is 0.00000243. The van der Waals surface area contributed by atoms with E-state index in [1.165, 1.54) is 0 Å². The van der Waals surface area contributed by atoms with Crippen LogP contribution in [-0.4, -0.2) is 48.9 Å². The predicted octanol–water partition coefficient (Wildman–Crippen LogP) is 2.58. The van der Waals surface area contributed by atoms with Gasteiger partial charge in [-0.1, -0.05) is 25.4 Å². The standard InChI is InChI=1S/C19H26ClN3O2.ClH/c1-12(2)7-17(22-18(24)13-3-5-16(20)6-4-13)19(25)23-10-14-8-21-9-15(14)11-23;/h3-6,12,14-15,17,21H,7-11H2,1-2H3,(H,22,24);1H/t14-,15+,17?;. The second-order valence-electron chi connectivity index (χ2n) is 7.58. The van der Waals surface area contributed by atoms with Crippen molar-refractivity contribution >= 4 is 35.8 Å². The molecule has 5 nitrogen and oxygen atoms in total. The van der Waals surface area contributed by atoms with Crippen molar-refractivity contribution in [1.29, 1.82) is 0 Å². The lowest BCUT2D eigenvalue weighted by Gasteiger charge is -2.26. The van der Waals surface area contributed by atoms with E-state index >= 15 is 0 Å². The van der Waals surface area contributed by atoms with Gasteiger partial charge in [0.1, 0.15) is 6.04 Å². The number of hydrogen-bond acceptors (Lipinski definition) is 3. The maximum absolute atomic E-state index is 13.0. The Labute approximate surface area is 166 Å². The lowest BCUT2D eigenvalue weighted by atomic mass is 10.0. The Kier molecular flexibility index (Phi) is 7.33. The van der Waals surface area contributed by atoms with E-state index < -0.39 is 6.04 Å². The van der Waals surface area contributed by atoms with E-state index in [-0.39, 0.29) is 24.2 Å². The molecule has 2 aliphatic rings. The summed E-state index contributed by atoms with van der Waals surface area (Å²) >= 11 is 5.88. The average molecular weight is 400 g/mol. The van der Waals surface area contributed by atoms with Gasteiger partial charge in [0.2, 0.25) is 5.91 Å². The molecule has 2 fully saturated rings. The number of amides is 2. The van der Waals surface area contributed by atoms with Crippen molar-refractivity contribution in [2.24, 2.45) is 17.8 Å². The van der Waals surface area contributed by atoms with Gasteiger partial charge in [-0.15, -0.1) is 12.4 Å². The van der Waals surface area contributed by atoms with E-state index in [0.29, 0.717) is 34.8 Å². The van der Waals surface area contributed by atoms with Crippen molar-refractivity contribution in [3.63, 3.8) is 0 Å². The van der Waals surface area contributed by atoms with Crippen molar-refractivity contribution in [3.05, 3.63) is 34.9 Å². The summed E-state index contributed by atoms with van der Waals surface area (Å²) in [6.07, 6.45) is 0.641. The molecule has 2 amide bonds. The van der Waals surface area contributed by atoms with Gasteiger partial charge in [0.25, 0.3) is 5.91 Å². The number of nitrogens with zero attached hydrogens (tertiary/aromatic N) is 1. The number of benzene rings is 1. The van der Waals surface area contributed by atoms with Crippen molar-refractivity contribution < 1.29 is 9.59 Å². The zero-order chi connectivity index (χ0) is 18.0. The first kappa shape index (κ1) is 21.0. The first-order valence-electron chi connectivity index (χ1n) is 9.00. The van der Waals surface area contributed by atoms with E-state index in [9.17, 15) is 9.59 Å². The molecular weight excluding hydrogens is 373 g/mol. The Morgan fingerprint density at radius 1 is 1.19 bits per heavy atom. The second kappa shape index (κ2) is 9.07. The summed E-state index contributed by atoms with van der Waals surface area (Å²) in [5, 5.41) is 6.91.